The number of hydrogen-bond donors (Lipinski definition) is 0. The van der Waals surface area contributed by atoms with E-state index in [-0.39, 0.29) is 4.75 Å². The lowest BCUT2D eigenvalue weighted by molar-refractivity contribution is -0.109. The summed E-state index contributed by atoms with van der Waals surface area (Å²) in [6, 6.07) is 0. The fourth-order valence-corrected chi connectivity index (χ4v) is 2.35. The van der Waals surface area contributed by atoms with Crippen LogP contribution < -0.4 is 0 Å². The van der Waals surface area contributed by atoms with E-state index >= 15 is 0 Å². The number of hydrogen-bond acceptors (Lipinski definition) is 3. The summed E-state index contributed by atoms with van der Waals surface area (Å²) in [4.78, 5) is 10.7. The largest absolute Gasteiger partial charge is 0.381 e. The maximum absolute atomic E-state index is 10.7. The van der Waals surface area contributed by atoms with E-state index in [4.69, 9.17) is 4.74 Å². The third-order valence-corrected chi connectivity index (χ3v) is 3.79. The highest BCUT2D eigenvalue weighted by molar-refractivity contribution is 8.01. The van der Waals surface area contributed by atoms with Crippen molar-refractivity contribution in [3.8, 4) is 0 Å². The average molecular weight is 202 g/mol. The molecular formula is C10H18O2S. The van der Waals surface area contributed by atoms with Crippen molar-refractivity contribution in [2.75, 3.05) is 19.0 Å². The first-order chi connectivity index (χ1) is 6.14. The number of thioether (sulfide) groups is 1. The van der Waals surface area contributed by atoms with Gasteiger partial charge in [0.05, 0.1) is 4.75 Å². The molecule has 0 aromatic heterocycles. The molecule has 0 aromatic carbocycles. The van der Waals surface area contributed by atoms with E-state index in [9.17, 15) is 4.79 Å². The van der Waals surface area contributed by atoms with Gasteiger partial charge in [0.1, 0.15) is 6.29 Å². The summed E-state index contributed by atoms with van der Waals surface area (Å²) >= 11 is 1.76. The van der Waals surface area contributed by atoms with E-state index < -0.39 is 0 Å². The van der Waals surface area contributed by atoms with E-state index in [1.807, 2.05) is 13.8 Å². The van der Waals surface area contributed by atoms with Gasteiger partial charge in [0.2, 0.25) is 0 Å². The molecule has 3 heteroatoms. The van der Waals surface area contributed by atoms with E-state index in [1.165, 1.54) is 0 Å². The lowest BCUT2D eigenvalue weighted by atomic mass is 10.0. The van der Waals surface area contributed by atoms with E-state index in [2.05, 4.69) is 0 Å². The predicted octanol–water partition coefficient (Wildman–Crippen LogP) is 2.12. The fourth-order valence-electron chi connectivity index (χ4n) is 1.28. The standard InChI is InChI=1S/C10H18O2S/c1-10(2,8-11)13-7-9-3-5-12-6-4-9/h8-9H,3-7H2,1-2H3. The highest BCUT2D eigenvalue weighted by Gasteiger charge is 2.21. The quantitative estimate of drug-likeness (QED) is 0.653. The maximum atomic E-state index is 10.7. The summed E-state index contributed by atoms with van der Waals surface area (Å²) < 4.78 is 5.07. The molecular weight excluding hydrogens is 184 g/mol. The van der Waals surface area contributed by atoms with E-state index in [1.54, 1.807) is 11.8 Å². The molecule has 1 aliphatic heterocycles. The number of rotatable bonds is 4. The fraction of sp³-hybridized carbons (Fsp3) is 0.900. The van der Waals surface area contributed by atoms with Crippen molar-refractivity contribution in [2.45, 2.75) is 31.4 Å². The highest BCUT2D eigenvalue weighted by atomic mass is 32.2. The molecule has 0 unspecified atom stereocenters. The Bertz CT molecular complexity index is 162. The molecule has 0 N–H and O–H groups in total. The monoisotopic (exact) mass is 202 g/mol. The molecule has 1 fully saturated rings. The van der Waals surface area contributed by atoms with Crippen LogP contribution in [0.2, 0.25) is 0 Å². The van der Waals surface area contributed by atoms with Gasteiger partial charge in [-0.05, 0) is 38.4 Å². The van der Waals surface area contributed by atoms with Crippen LogP contribution in [-0.4, -0.2) is 30.0 Å². The second-order valence-corrected chi connectivity index (χ2v) is 5.76. The minimum absolute atomic E-state index is 0.210. The van der Waals surface area contributed by atoms with Gasteiger partial charge in [0.25, 0.3) is 0 Å². The third kappa shape index (κ3) is 4.14. The van der Waals surface area contributed by atoms with Crippen LogP contribution >= 0.6 is 11.8 Å². The Balaban J connectivity index is 2.20. The minimum atomic E-state index is -0.210. The van der Waals surface area contributed by atoms with Gasteiger partial charge in [-0.1, -0.05) is 0 Å². The zero-order valence-corrected chi connectivity index (χ0v) is 9.23. The van der Waals surface area contributed by atoms with Gasteiger partial charge >= 0.3 is 0 Å². The topological polar surface area (TPSA) is 26.3 Å². The Morgan fingerprint density at radius 1 is 1.46 bits per heavy atom. The molecule has 0 amide bonds. The van der Waals surface area contributed by atoms with Gasteiger partial charge in [-0.15, -0.1) is 11.8 Å². The minimum Gasteiger partial charge on any atom is -0.381 e. The molecule has 13 heavy (non-hydrogen) atoms. The van der Waals surface area contributed by atoms with E-state index in [0.29, 0.717) is 0 Å². The smallest absolute Gasteiger partial charge is 0.135 e. The van der Waals surface area contributed by atoms with Crippen LogP contribution in [0, 0.1) is 5.92 Å². The number of aldehydes is 1. The molecule has 0 spiro atoms. The highest BCUT2D eigenvalue weighted by Crippen LogP contribution is 2.27. The van der Waals surface area contributed by atoms with Crippen molar-refractivity contribution in [3.63, 3.8) is 0 Å². The molecule has 0 aromatic rings. The van der Waals surface area contributed by atoms with E-state index in [0.717, 1.165) is 44.0 Å². The van der Waals surface area contributed by atoms with Crippen LogP contribution in [0.3, 0.4) is 0 Å². The first-order valence-electron chi connectivity index (χ1n) is 4.82. The number of ether oxygens (including phenoxy) is 1. The van der Waals surface area contributed by atoms with Crippen LogP contribution in [0.25, 0.3) is 0 Å². The SMILES string of the molecule is CC(C)(C=O)SCC1CCOCC1. The molecule has 0 radical (unpaired) electrons. The van der Waals surface area contributed by atoms with Crippen molar-refractivity contribution in [3.05, 3.63) is 0 Å². The van der Waals surface area contributed by atoms with Gasteiger partial charge < -0.3 is 9.53 Å². The van der Waals surface area contributed by atoms with Gasteiger partial charge in [-0.3, -0.25) is 0 Å². The summed E-state index contributed by atoms with van der Waals surface area (Å²) in [5, 5.41) is 0. The van der Waals surface area contributed by atoms with Crippen LogP contribution in [0.1, 0.15) is 26.7 Å². The summed E-state index contributed by atoms with van der Waals surface area (Å²) in [6.45, 7) is 5.74. The predicted molar refractivity (Wildman–Crippen MR) is 56.1 cm³/mol. The normalized spacial score (nSPS) is 20.2. The second-order valence-electron chi connectivity index (χ2n) is 4.09. The van der Waals surface area contributed by atoms with Gasteiger partial charge in [0.15, 0.2) is 0 Å². The number of carbonyl (C=O) groups excluding carboxylic acids is 1. The number of carbonyl (C=O) groups is 1. The molecule has 0 atom stereocenters. The first kappa shape index (κ1) is 11.1. The lowest BCUT2D eigenvalue weighted by Crippen LogP contribution is -2.22. The maximum Gasteiger partial charge on any atom is 0.135 e. The molecule has 0 bridgehead atoms. The van der Waals surface area contributed by atoms with Crippen LogP contribution in [-0.2, 0) is 9.53 Å². The first-order valence-corrected chi connectivity index (χ1v) is 5.80. The van der Waals surface area contributed by atoms with Crippen molar-refractivity contribution in [1.82, 2.24) is 0 Å². The molecule has 2 nitrogen and oxygen atoms in total. The Kier molecular flexibility index (Phi) is 4.26. The molecule has 1 saturated heterocycles. The summed E-state index contributed by atoms with van der Waals surface area (Å²) in [7, 11) is 0. The molecule has 0 saturated carbocycles. The van der Waals surface area contributed by atoms with Gasteiger partial charge in [-0.2, -0.15) is 0 Å². The third-order valence-electron chi connectivity index (χ3n) is 2.32. The molecule has 0 aliphatic carbocycles. The molecule has 1 rings (SSSR count). The van der Waals surface area contributed by atoms with Crippen LogP contribution in [0.4, 0.5) is 0 Å². The van der Waals surface area contributed by atoms with Crippen molar-refractivity contribution in [1.29, 1.82) is 0 Å². The lowest BCUT2D eigenvalue weighted by Gasteiger charge is -2.24. The Labute approximate surface area is 84.4 Å². The molecule has 1 heterocycles. The zero-order valence-electron chi connectivity index (χ0n) is 8.41. The van der Waals surface area contributed by atoms with Crippen LogP contribution in [0.15, 0.2) is 0 Å². The van der Waals surface area contributed by atoms with Gasteiger partial charge in [-0.25, -0.2) is 0 Å². The summed E-state index contributed by atoms with van der Waals surface area (Å²) in [6.07, 6.45) is 3.35. The average Bonchev–Trinajstić information content (AvgIpc) is 2.17. The summed E-state index contributed by atoms with van der Waals surface area (Å²) in [5.41, 5.74) is 0. The Morgan fingerprint density at radius 2 is 2.08 bits per heavy atom. The van der Waals surface area contributed by atoms with Crippen molar-refractivity contribution in [2.24, 2.45) is 5.92 Å². The molecule has 1 aliphatic rings. The Morgan fingerprint density at radius 3 is 2.62 bits per heavy atom. The summed E-state index contributed by atoms with van der Waals surface area (Å²) in [5.74, 6) is 1.84. The van der Waals surface area contributed by atoms with Crippen molar-refractivity contribution < 1.29 is 9.53 Å². The van der Waals surface area contributed by atoms with Crippen LogP contribution in [0.5, 0.6) is 0 Å². The zero-order chi connectivity index (χ0) is 9.73. The van der Waals surface area contributed by atoms with Crippen molar-refractivity contribution >= 4 is 18.0 Å². The Hall–Kier alpha value is -0.0200. The van der Waals surface area contributed by atoms with Gasteiger partial charge in [0, 0.05) is 13.2 Å². The molecule has 76 valence electrons. The second kappa shape index (κ2) is 5.01.